The van der Waals surface area contributed by atoms with Crippen molar-refractivity contribution in [3.05, 3.63) is 18.0 Å². The van der Waals surface area contributed by atoms with Gasteiger partial charge in [-0.2, -0.15) is 5.10 Å². The summed E-state index contributed by atoms with van der Waals surface area (Å²) in [6.45, 7) is 3.16. The van der Waals surface area contributed by atoms with Crippen LogP contribution >= 0.6 is 0 Å². The molecule has 0 radical (unpaired) electrons. The van der Waals surface area contributed by atoms with Crippen LogP contribution in [0, 0.1) is 0 Å². The van der Waals surface area contributed by atoms with Crippen LogP contribution < -0.4 is 10.6 Å². The fourth-order valence-electron chi connectivity index (χ4n) is 2.06. The molecule has 2 rings (SSSR count). The maximum Gasteiger partial charge on any atom is 0.226 e. The Morgan fingerprint density at radius 2 is 2.56 bits per heavy atom. The van der Waals surface area contributed by atoms with Gasteiger partial charge in [0.2, 0.25) is 5.91 Å². The van der Waals surface area contributed by atoms with E-state index in [0.717, 1.165) is 25.1 Å². The summed E-state index contributed by atoms with van der Waals surface area (Å²) in [7, 11) is 0. The Bertz CT molecular complexity index is 336. The highest BCUT2D eigenvalue weighted by Crippen LogP contribution is 2.08. The zero-order chi connectivity index (χ0) is 11.4. The van der Waals surface area contributed by atoms with E-state index >= 15 is 0 Å². The second kappa shape index (κ2) is 5.12. The van der Waals surface area contributed by atoms with Gasteiger partial charge < -0.3 is 10.6 Å². The fourth-order valence-corrected chi connectivity index (χ4v) is 2.06. The Balaban J connectivity index is 1.82. The molecule has 1 amide bonds. The van der Waals surface area contributed by atoms with Gasteiger partial charge in [-0.15, -0.1) is 0 Å². The molecule has 2 heterocycles. The van der Waals surface area contributed by atoms with Crippen LogP contribution in [0.1, 0.15) is 25.5 Å². The lowest BCUT2D eigenvalue weighted by Gasteiger charge is -2.30. The first-order valence-corrected chi connectivity index (χ1v) is 5.76. The lowest BCUT2D eigenvalue weighted by molar-refractivity contribution is -0.121. The standard InChI is InChI=1S/C11H18N4O/c1-8-10(3-2-5-12-8)14-11(16)7-9-4-6-13-15-9/h4,6,8,10,12H,2-3,5,7H2,1H3,(H,13,15)(H,14,16). The minimum absolute atomic E-state index is 0.0600. The van der Waals surface area contributed by atoms with Gasteiger partial charge >= 0.3 is 0 Å². The number of carbonyl (C=O) groups excluding carboxylic acids is 1. The Labute approximate surface area is 95.0 Å². The topological polar surface area (TPSA) is 69.8 Å². The third-order valence-electron chi connectivity index (χ3n) is 3.02. The van der Waals surface area contributed by atoms with Crippen molar-refractivity contribution in [2.75, 3.05) is 6.54 Å². The van der Waals surface area contributed by atoms with Gasteiger partial charge in [0.05, 0.1) is 6.42 Å². The lowest BCUT2D eigenvalue weighted by Crippen LogP contribution is -2.52. The van der Waals surface area contributed by atoms with Gasteiger partial charge in [-0.1, -0.05) is 0 Å². The summed E-state index contributed by atoms with van der Waals surface area (Å²) in [6, 6.07) is 2.44. The molecule has 3 N–H and O–H groups in total. The van der Waals surface area contributed by atoms with Gasteiger partial charge in [0.15, 0.2) is 0 Å². The van der Waals surface area contributed by atoms with Crippen LogP contribution in [0.5, 0.6) is 0 Å². The van der Waals surface area contributed by atoms with Gasteiger partial charge in [-0.25, -0.2) is 0 Å². The summed E-state index contributed by atoms with van der Waals surface area (Å²) >= 11 is 0. The summed E-state index contributed by atoms with van der Waals surface area (Å²) in [4.78, 5) is 11.7. The molecule has 1 fully saturated rings. The molecule has 5 nitrogen and oxygen atoms in total. The van der Waals surface area contributed by atoms with E-state index < -0.39 is 0 Å². The average molecular weight is 222 g/mol. The normalized spacial score (nSPS) is 25.3. The molecular formula is C11H18N4O. The molecule has 1 aromatic rings. The van der Waals surface area contributed by atoms with Gasteiger partial charge in [0.1, 0.15) is 0 Å². The number of rotatable bonds is 3. The lowest BCUT2D eigenvalue weighted by atomic mass is 10.00. The summed E-state index contributed by atoms with van der Waals surface area (Å²) in [5, 5.41) is 13.0. The number of H-pyrrole nitrogens is 1. The van der Waals surface area contributed by atoms with Gasteiger partial charge in [0.25, 0.3) is 0 Å². The Kier molecular flexibility index (Phi) is 3.56. The molecule has 0 spiro atoms. The second-order valence-corrected chi connectivity index (χ2v) is 4.32. The predicted octanol–water partition coefficient (Wildman–Crippen LogP) is 0.209. The summed E-state index contributed by atoms with van der Waals surface area (Å²) in [6.07, 6.45) is 4.22. The van der Waals surface area contributed by atoms with Crippen molar-refractivity contribution in [3.8, 4) is 0 Å². The highest BCUT2D eigenvalue weighted by atomic mass is 16.1. The van der Waals surface area contributed by atoms with Crippen molar-refractivity contribution in [2.24, 2.45) is 0 Å². The summed E-state index contributed by atoms with van der Waals surface area (Å²) in [5.74, 6) is 0.0600. The van der Waals surface area contributed by atoms with Crippen LogP contribution in [0.4, 0.5) is 0 Å². The third-order valence-corrected chi connectivity index (χ3v) is 3.02. The molecule has 5 heteroatoms. The first-order chi connectivity index (χ1) is 7.75. The fraction of sp³-hybridized carbons (Fsp3) is 0.636. The maximum atomic E-state index is 11.7. The number of aromatic nitrogens is 2. The Hall–Kier alpha value is -1.36. The molecule has 1 aromatic heterocycles. The van der Waals surface area contributed by atoms with Crippen LogP contribution in [0.3, 0.4) is 0 Å². The van der Waals surface area contributed by atoms with Crippen LogP contribution in [-0.2, 0) is 11.2 Å². The highest BCUT2D eigenvalue weighted by molar-refractivity contribution is 5.78. The van der Waals surface area contributed by atoms with Crippen molar-refractivity contribution < 1.29 is 4.79 Å². The first kappa shape index (κ1) is 11.1. The Morgan fingerprint density at radius 1 is 1.69 bits per heavy atom. The largest absolute Gasteiger partial charge is 0.351 e. The zero-order valence-corrected chi connectivity index (χ0v) is 9.49. The van der Waals surface area contributed by atoms with Gasteiger partial charge in [-0.3, -0.25) is 9.89 Å². The van der Waals surface area contributed by atoms with E-state index in [9.17, 15) is 4.79 Å². The van der Waals surface area contributed by atoms with E-state index in [4.69, 9.17) is 0 Å². The molecule has 0 aromatic carbocycles. The summed E-state index contributed by atoms with van der Waals surface area (Å²) in [5.41, 5.74) is 0.855. The van der Waals surface area contributed by atoms with E-state index in [-0.39, 0.29) is 11.9 Å². The number of piperidine rings is 1. The number of carbonyl (C=O) groups is 1. The number of nitrogens with one attached hydrogen (secondary N) is 3. The van der Waals surface area contributed by atoms with Crippen molar-refractivity contribution in [2.45, 2.75) is 38.3 Å². The Morgan fingerprint density at radius 3 is 3.25 bits per heavy atom. The molecule has 2 unspecified atom stereocenters. The van der Waals surface area contributed by atoms with Gasteiger partial charge in [0, 0.05) is 24.0 Å². The average Bonchev–Trinajstić information content (AvgIpc) is 2.74. The maximum absolute atomic E-state index is 11.7. The van der Waals surface area contributed by atoms with E-state index in [1.807, 2.05) is 6.07 Å². The molecule has 88 valence electrons. The van der Waals surface area contributed by atoms with Crippen LogP contribution in [0.15, 0.2) is 12.3 Å². The summed E-state index contributed by atoms with van der Waals surface area (Å²) < 4.78 is 0. The molecule has 0 bridgehead atoms. The van der Waals surface area contributed by atoms with Crippen molar-refractivity contribution >= 4 is 5.91 Å². The number of hydrogen-bond donors (Lipinski definition) is 3. The van der Waals surface area contributed by atoms with Crippen LogP contribution in [0.2, 0.25) is 0 Å². The van der Waals surface area contributed by atoms with Crippen LogP contribution in [0.25, 0.3) is 0 Å². The predicted molar refractivity (Wildman–Crippen MR) is 60.9 cm³/mol. The first-order valence-electron chi connectivity index (χ1n) is 5.76. The minimum atomic E-state index is 0.0600. The number of aromatic amines is 1. The SMILES string of the molecule is CC1NCCCC1NC(=O)Cc1ccn[nH]1. The van der Waals surface area contributed by atoms with Crippen LogP contribution in [-0.4, -0.2) is 34.7 Å². The molecule has 16 heavy (non-hydrogen) atoms. The third kappa shape index (κ3) is 2.82. The molecule has 0 aliphatic carbocycles. The smallest absolute Gasteiger partial charge is 0.226 e. The number of hydrogen-bond acceptors (Lipinski definition) is 3. The van der Waals surface area contributed by atoms with E-state index in [2.05, 4.69) is 27.8 Å². The number of nitrogens with zero attached hydrogens (tertiary/aromatic N) is 1. The minimum Gasteiger partial charge on any atom is -0.351 e. The quantitative estimate of drug-likeness (QED) is 0.684. The molecule has 1 saturated heterocycles. The van der Waals surface area contributed by atoms with E-state index in [1.165, 1.54) is 0 Å². The molecule has 0 saturated carbocycles. The van der Waals surface area contributed by atoms with Crippen molar-refractivity contribution in [1.29, 1.82) is 0 Å². The van der Waals surface area contributed by atoms with E-state index in [0.29, 0.717) is 12.5 Å². The van der Waals surface area contributed by atoms with Crippen molar-refractivity contribution in [1.82, 2.24) is 20.8 Å². The molecule has 2 atom stereocenters. The monoisotopic (exact) mass is 222 g/mol. The second-order valence-electron chi connectivity index (χ2n) is 4.32. The van der Waals surface area contributed by atoms with Gasteiger partial charge in [-0.05, 0) is 32.4 Å². The zero-order valence-electron chi connectivity index (χ0n) is 9.49. The molecule has 1 aliphatic heterocycles. The highest BCUT2D eigenvalue weighted by Gasteiger charge is 2.22. The molecular weight excluding hydrogens is 204 g/mol. The molecule has 1 aliphatic rings. The van der Waals surface area contributed by atoms with E-state index in [1.54, 1.807) is 6.20 Å². The number of amides is 1. The van der Waals surface area contributed by atoms with Crippen molar-refractivity contribution in [3.63, 3.8) is 0 Å².